The van der Waals surface area contributed by atoms with Crippen LogP contribution in [0.25, 0.3) is 0 Å². The second-order valence-electron chi connectivity index (χ2n) is 2.29. The van der Waals surface area contributed by atoms with Gasteiger partial charge in [-0.1, -0.05) is 23.8 Å². The Hall–Kier alpha value is -1.05. The summed E-state index contributed by atoms with van der Waals surface area (Å²) in [6.45, 7) is 0.702. The van der Waals surface area contributed by atoms with Crippen LogP contribution in [0.15, 0.2) is 23.8 Å². The molecule has 0 spiro atoms. The average Bonchev–Trinajstić information content (AvgIpc) is 2.03. The van der Waals surface area contributed by atoms with Crippen molar-refractivity contribution in [3.8, 4) is 0 Å². The Morgan fingerprint density at radius 1 is 1.70 bits per heavy atom. The third-order valence-electron chi connectivity index (χ3n) is 1.51. The standard InChI is InChI=1S/C8H11NO/c10-7-9-6-8-4-2-1-3-5-8/h1-2,4,7H,3,5-6H2,(H,9,10). The first-order valence-electron chi connectivity index (χ1n) is 3.45. The van der Waals surface area contributed by atoms with Crippen molar-refractivity contribution in [1.29, 1.82) is 0 Å². The molecule has 2 nitrogen and oxygen atoms in total. The van der Waals surface area contributed by atoms with E-state index < -0.39 is 0 Å². The first kappa shape index (κ1) is 7.06. The minimum atomic E-state index is 0.702. The van der Waals surface area contributed by atoms with Crippen molar-refractivity contribution in [2.75, 3.05) is 6.54 Å². The third kappa shape index (κ3) is 2.05. The Kier molecular flexibility index (Phi) is 2.74. The van der Waals surface area contributed by atoms with Gasteiger partial charge in [-0.2, -0.15) is 0 Å². The number of carbonyl (C=O) groups is 1. The Morgan fingerprint density at radius 2 is 2.60 bits per heavy atom. The van der Waals surface area contributed by atoms with Gasteiger partial charge in [0.15, 0.2) is 0 Å². The fraction of sp³-hybridized carbons (Fsp3) is 0.375. The summed E-state index contributed by atoms with van der Waals surface area (Å²) in [5.41, 5.74) is 1.30. The lowest BCUT2D eigenvalue weighted by Gasteiger charge is -2.06. The monoisotopic (exact) mass is 137 g/mol. The molecule has 1 N–H and O–H groups in total. The molecule has 1 rings (SSSR count). The number of hydrogen-bond donors (Lipinski definition) is 1. The molecule has 0 unspecified atom stereocenters. The van der Waals surface area contributed by atoms with Gasteiger partial charge >= 0.3 is 0 Å². The number of nitrogens with one attached hydrogen (secondary N) is 1. The van der Waals surface area contributed by atoms with E-state index in [0.29, 0.717) is 6.54 Å². The highest BCUT2D eigenvalue weighted by Crippen LogP contribution is 2.09. The Morgan fingerprint density at radius 3 is 3.20 bits per heavy atom. The zero-order chi connectivity index (χ0) is 7.23. The van der Waals surface area contributed by atoms with Crippen molar-refractivity contribution in [1.82, 2.24) is 5.32 Å². The number of rotatable bonds is 3. The van der Waals surface area contributed by atoms with E-state index in [1.807, 2.05) is 6.08 Å². The molecule has 0 heterocycles. The molecule has 1 aliphatic carbocycles. The predicted molar refractivity (Wildman–Crippen MR) is 40.5 cm³/mol. The van der Waals surface area contributed by atoms with Gasteiger partial charge in [0.2, 0.25) is 6.41 Å². The molecular weight excluding hydrogens is 126 g/mol. The average molecular weight is 137 g/mol. The number of hydrogen-bond acceptors (Lipinski definition) is 1. The van der Waals surface area contributed by atoms with E-state index >= 15 is 0 Å². The summed E-state index contributed by atoms with van der Waals surface area (Å²) in [6, 6.07) is 0. The Labute approximate surface area is 60.6 Å². The SMILES string of the molecule is O=CNCC1=CC=CCC1. The lowest BCUT2D eigenvalue weighted by molar-refractivity contribution is -0.109. The van der Waals surface area contributed by atoms with Gasteiger partial charge in [0.25, 0.3) is 0 Å². The summed E-state index contributed by atoms with van der Waals surface area (Å²) >= 11 is 0. The molecule has 1 amide bonds. The van der Waals surface area contributed by atoms with Crippen LogP contribution >= 0.6 is 0 Å². The number of allylic oxidation sites excluding steroid dienone is 3. The van der Waals surface area contributed by atoms with Gasteiger partial charge in [0.05, 0.1) is 0 Å². The van der Waals surface area contributed by atoms with Crippen LogP contribution in [0.1, 0.15) is 12.8 Å². The molecule has 0 aliphatic heterocycles. The maximum Gasteiger partial charge on any atom is 0.207 e. The first-order chi connectivity index (χ1) is 4.93. The summed E-state index contributed by atoms with van der Waals surface area (Å²) in [5, 5.41) is 2.64. The van der Waals surface area contributed by atoms with Crippen LogP contribution in [-0.2, 0) is 4.79 Å². The lowest BCUT2D eigenvalue weighted by Crippen LogP contribution is -2.14. The molecule has 2 heteroatoms. The van der Waals surface area contributed by atoms with Crippen LogP contribution in [0, 0.1) is 0 Å². The zero-order valence-electron chi connectivity index (χ0n) is 5.84. The largest absolute Gasteiger partial charge is 0.355 e. The van der Waals surface area contributed by atoms with E-state index in [1.165, 1.54) is 5.57 Å². The molecule has 0 radical (unpaired) electrons. The molecule has 0 atom stereocenters. The Balaban J connectivity index is 2.32. The van der Waals surface area contributed by atoms with Crippen LogP contribution in [0.5, 0.6) is 0 Å². The Bertz CT molecular complexity index is 170. The number of carbonyl (C=O) groups excluding carboxylic acids is 1. The maximum absolute atomic E-state index is 9.89. The predicted octanol–water partition coefficient (Wildman–Crippen LogP) is 1.01. The summed E-state index contributed by atoms with van der Waals surface area (Å²) in [5.74, 6) is 0. The molecule has 0 aromatic rings. The highest BCUT2D eigenvalue weighted by atomic mass is 16.1. The molecule has 0 aromatic heterocycles. The molecule has 0 fully saturated rings. The molecule has 10 heavy (non-hydrogen) atoms. The van der Waals surface area contributed by atoms with E-state index in [1.54, 1.807) is 0 Å². The topological polar surface area (TPSA) is 29.1 Å². The van der Waals surface area contributed by atoms with Crippen molar-refractivity contribution in [3.63, 3.8) is 0 Å². The summed E-state index contributed by atoms with van der Waals surface area (Å²) in [7, 11) is 0. The maximum atomic E-state index is 9.89. The first-order valence-corrected chi connectivity index (χ1v) is 3.45. The second-order valence-corrected chi connectivity index (χ2v) is 2.29. The van der Waals surface area contributed by atoms with Gasteiger partial charge in [-0.05, 0) is 12.8 Å². The fourth-order valence-electron chi connectivity index (χ4n) is 0.972. The van der Waals surface area contributed by atoms with Gasteiger partial charge < -0.3 is 5.32 Å². The quantitative estimate of drug-likeness (QED) is 0.578. The molecule has 0 saturated heterocycles. The van der Waals surface area contributed by atoms with Crippen LogP contribution in [-0.4, -0.2) is 13.0 Å². The fourth-order valence-corrected chi connectivity index (χ4v) is 0.972. The van der Waals surface area contributed by atoms with Crippen LogP contribution < -0.4 is 5.32 Å². The summed E-state index contributed by atoms with van der Waals surface area (Å²) in [6.07, 6.45) is 9.14. The molecule has 54 valence electrons. The van der Waals surface area contributed by atoms with Crippen LogP contribution in [0.4, 0.5) is 0 Å². The van der Waals surface area contributed by atoms with Gasteiger partial charge in [-0.15, -0.1) is 0 Å². The summed E-state index contributed by atoms with van der Waals surface area (Å²) in [4.78, 5) is 9.89. The van der Waals surface area contributed by atoms with Crippen molar-refractivity contribution in [2.24, 2.45) is 0 Å². The van der Waals surface area contributed by atoms with Crippen LogP contribution in [0.2, 0.25) is 0 Å². The number of amides is 1. The minimum Gasteiger partial charge on any atom is -0.355 e. The molecule has 0 saturated carbocycles. The second kappa shape index (κ2) is 3.88. The van der Waals surface area contributed by atoms with Gasteiger partial charge in [-0.3, -0.25) is 4.79 Å². The lowest BCUT2D eigenvalue weighted by atomic mass is 10.1. The minimum absolute atomic E-state index is 0.702. The molecule has 0 aromatic carbocycles. The highest BCUT2D eigenvalue weighted by Gasteiger charge is 1.96. The highest BCUT2D eigenvalue weighted by molar-refractivity contribution is 5.46. The van der Waals surface area contributed by atoms with E-state index in [9.17, 15) is 4.79 Å². The van der Waals surface area contributed by atoms with E-state index in [-0.39, 0.29) is 0 Å². The zero-order valence-corrected chi connectivity index (χ0v) is 5.84. The van der Waals surface area contributed by atoms with Crippen molar-refractivity contribution >= 4 is 6.41 Å². The normalized spacial score (nSPS) is 16.2. The van der Waals surface area contributed by atoms with E-state index in [4.69, 9.17) is 0 Å². The van der Waals surface area contributed by atoms with Crippen molar-refractivity contribution in [2.45, 2.75) is 12.8 Å². The summed E-state index contributed by atoms with van der Waals surface area (Å²) < 4.78 is 0. The smallest absolute Gasteiger partial charge is 0.207 e. The molecular formula is C8H11NO. The van der Waals surface area contributed by atoms with Gasteiger partial charge in [0, 0.05) is 6.54 Å². The molecule has 0 bridgehead atoms. The van der Waals surface area contributed by atoms with Crippen molar-refractivity contribution in [3.05, 3.63) is 23.8 Å². The van der Waals surface area contributed by atoms with Crippen LogP contribution in [0.3, 0.4) is 0 Å². The van der Waals surface area contributed by atoms with E-state index in [0.717, 1.165) is 19.3 Å². The van der Waals surface area contributed by atoms with Gasteiger partial charge in [0.1, 0.15) is 0 Å². The van der Waals surface area contributed by atoms with E-state index in [2.05, 4.69) is 17.5 Å². The van der Waals surface area contributed by atoms with Gasteiger partial charge in [-0.25, -0.2) is 0 Å². The van der Waals surface area contributed by atoms with Crippen molar-refractivity contribution < 1.29 is 4.79 Å². The molecule has 1 aliphatic rings. The third-order valence-corrected chi connectivity index (χ3v) is 1.51.